The van der Waals surface area contributed by atoms with Gasteiger partial charge < -0.3 is 14.9 Å². The monoisotopic (exact) mass is 565 g/mol. The topological polar surface area (TPSA) is 85.1 Å². The van der Waals surface area contributed by atoms with Gasteiger partial charge in [0.05, 0.1) is 17.0 Å². The maximum atomic E-state index is 13.7. The zero-order valence-electron chi connectivity index (χ0n) is 23.7. The number of aromatic nitrogens is 3. The van der Waals surface area contributed by atoms with Gasteiger partial charge in [-0.3, -0.25) is 19.5 Å². The zero-order chi connectivity index (χ0) is 29.2. The third kappa shape index (κ3) is 5.38. The van der Waals surface area contributed by atoms with E-state index >= 15 is 0 Å². The van der Waals surface area contributed by atoms with Crippen molar-refractivity contribution in [3.63, 3.8) is 0 Å². The quantitative estimate of drug-likeness (QED) is 0.252. The maximum absolute atomic E-state index is 13.7. The Labute approximate surface area is 249 Å². The Balaban J connectivity index is 1.22. The van der Waals surface area contributed by atoms with Crippen molar-refractivity contribution in [2.45, 2.75) is 6.54 Å². The number of benzene rings is 3. The van der Waals surface area contributed by atoms with Crippen molar-refractivity contribution in [1.82, 2.24) is 24.8 Å². The Bertz CT molecular complexity index is 1940. The third-order valence-electron chi connectivity index (χ3n) is 8.18. The minimum atomic E-state index is -0.170. The van der Waals surface area contributed by atoms with Crippen molar-refractivity contribution in [3.05, 3.63) is 137 Å². The van der Waals surface area contributed by atoms with E-state index in [4.69, 9.17) is 0 Å². The predicted octanol–water partition coefficient (Wildman–Crippen LogP) is 6.21. The second-order valence-corrected chi connectivity index (χ2v) is 10.9. The highest BCUT2D eigenvalue weighted by Gasteiger charge is 2.24. The number of amides is 1. The van der Waals surface area contributed by atoms with Crippen molar-refractivity contribution in [1.29, 1.82) is 0 Å². The van der Waals surface area contributed by atoms with E-state index in [2.05, 4.69) is 56.3 Å². The van der Waals surface area contributed by atoms with Crippen LogP contribution in [-0.2, 0) is 6.54 Å². The summed E-state index contributed by atoms with van der Waals surface area (Å²) in [4.78, 5) is 41.6. The molecule has 6 aromatic rings. The SMILES string of the molecule is O=C(c1ccc2[nH]c(-c3ccc[nH]c3=O)c(-c3ccc(-c4ccccc4)cc3)c2c1)N1CCN(Cc2ccccn2)CC1. The van der Waals surface area contributed by atoms with Crippen LogP contribution in [-0.4, -0.2) is 56.8 Å². The van der Waals surface area contributed by atoms with Gasteiger partial charge in [-0.15, -0.1) is 0 Å². The molecule has 43 heavy (non-hydrogen) atoms. The third-order valence-corrected chi connectivity index (χ3v) is 8.18. The molecule has 3 aromatic carbocycles. The zero-order valence-corrected chi connectivity index (χ0v) is 23.7. The van der Waals surface area contributed by atoms with Gasteiger partial charge in [-0.1, -0.05) is 60.7 Å². The number of hydrogen-bond donors (Lipinski definition) is 2. The molecule has 7 rings (SSSR count). The largest absolute Gasteiger partial charge is 0.354 e. The molecular weight excluding hydrogens is 534 g/mol. The number of carbonyl (C=O) groups is 1. The van der Waals surface area contributed by atoms with Gasteiger partial charge >= 0.3 is 0 Å². The molecule has 1 saturated heterocycles. The summed E-state index contributed by atoms with van der Waals surface area (Å²) in [6.45, 7) is 3.71. The molecule has 0 radical (unpaired) electrons. The lowest BCUT2D eigenvalue weighted by Gasteiger charge is -2.34. The van der Waals surface area contributed by atoms with Gasteiger partial charge in [0.25, 0.3) is 11.5 Å². The van der Waals surface area contributed by atoms with Crippen LogP contribution in [0.25, 0.3) is 44.4 Å². The average molecular weight is 566 g/mol. The van der Waals surface area contributed by atoms with Gasteiger partial charge in [-0.25, -0.2) is 0 Å². The minimum absolute atomic E-state index is 0.0186. The van der Waals surface area contributed by atoms with E-state index in [1.165, 1.54) is 0 Å². The number of rotatable bonds is 6. The van der Waals surface area contributed by atoms with E-state index in [0.717, 1.165) is 64.2 Å². The van der Waals surface area contributed by atoms with Crippen molar-refractivity contribution in [2.24, 2.45) is 0 Å². The lowest BCUT2D eigenvalue weighted by molar-refractivity contribution is 0.0627. The standard InChI is InChI=1S/C36H31N5O2/c42-35-30(10-6-18-38-35)34-33(27-13-11-26(12-14-27)25-7-2-1-3-8-25)31-23-28(15-16-32(31)39-34)36(43)41-21-19-40(20-22-41)24-29-9-4-5-17-37-29/h1-18,23,39H,19-22,24H2,(H,38,42). The van der Waals surface area contributed by atoms with Crippen LogP contribution in [0.5, 0.6) is 0 Å². The van der Waals surface area contributed by atoms with Crippen LogP contribution in [0.1, 0.15) is 16.1 Å². The van der Waals surface area contributed by atoms with Crippen LogP contribution in [0.15, 0.2) is 120 Å². The molecule has 0 aliphatic carbocycles. The average Bonchev–Trinajstić information content (AvgIpc) is 3.44. The van der Waals surface area contributed by atoms with E-state index in [1.807, 2.05) is 77.8 Å². The van der Waals surface area contributed by atoms with E-state index in [0.29, 0.717) is 24.2 Å². The maximum Gasteiger partial charge on any atom is 0.257 e. The van der Waals surface area contributed by atoms with Crippen molar-refractivity contribution < 1.29 is 4.79 Å². The highest BCUT2D eigenvalue weighted by Crippen LogP contribution is 2.38. The van der Waals surface area contributed by atoms with E-state index in [9.17, 15) is 9.59 Å². The fourth-order valence-electron chi connectivity index (χ4n) is 5.92. The molecule has 212 valence electrons. The molecule has 7 nitrogen and oxygen atoms in total. The first-order valence-corrected chi connectivity index (χ1v) is 14.6. The fourth-order valence-corrected chi connectivity index (χ4v) is 5.92. The van der Waals surface area contributed by atoms with Crippen LogP contribution < -0.4 is 5.56 Å². The number of carbonyl (C=O) groups excluding carboxylic acids is 1. The fraction of sp³-hybridized carbons (Fsp3) is 0.139. The van der Waals surface area contributed by atoms with E-state index < -0.39 is 0 Å². The van der Waals surface area contributed by atoms with Gasteiger partial charge in [0, 0.05) is 67.1 Å². The number of fused-ring (bicyclic) bond motifs is 1. The number of piperazine rings is 1. The molecule has 0 spiro atoms. The number of H-pyrrole nitrogens is 2. The summed E-state index contributed by atoms with van der Waals surface area (Å²) in [5.74, 6) is 0.0186. The van der Waals surface area contributed by atoms with Crippen LogP contribution in [0.2, 0.25) is 0 Å². The summed E-state index contributed by atoms with van der Waals surface area (Å²) in [6, 6.07) is 34.0. The molecule has 4 heterocycles. The summed E-state index contributed by atoms with van der Waals surface area (Å²) >= 11 is 0. The van der Waals surface area contributed by atoms with Gasteiger partial charge in [0.15, 0.2) is 0 Å². The molecule has 0 atom stereocenters. The Kier molecular flexibility index (Phi) is 7.15. The molecule has 0 unspecified atom stereocenters. The van der Waals surface area contributed by atoms with Crippen molar-refractivity contribution in [2.75, 3.05) is 26.2 Å². The smallest absolute Gasteiger partial charge is 0.257 e. The highest BCUT2D eigenvalue weighted by molar-refractivity contribution is 6.07. The van der Waals surface area contributed by atoms with E-state index in [-0.39, 0.29) is 11.5 Å². The molecule has 0 saturated carbocycles. The molecule has 0 bridgehead atoms. The first kappa shape index (κ1) is 26.6. The summed E-state index contributed by atoms with van der Waals surface area (Å²) in [7, 11) is 0. The number of pyridine rings is 2. The molecule has 7 heteroatoms. The Hall–Kier alpha value is -5.27. The number of aromatic amines is 2. The van der Waals surface area contributed by atoms with E-state index in [1.54, 1.807) is 6.20 Å². The van der Waals surface area contributed by atoms with Gasteiger partial charge in [0.2, 0.25) is 0 Å². The van der Waals surface area contributed by atoms with Crippen LogP contribution in [0.3, 0.4) is 0 Å². The Morgan fingerprint density at radius 3 is 2.26 bits per heavy atom. The Morgan fingerprint density at radius 2 is 1.51 bits per heavy atom. The van der Waals surface area contributed by atoms with Crippen LogP contribution in [0.4, 0.5) is 0 Å². The highest BCUT2D eigenvalue weighted by atomic mass is 16.2. The van der Waals surface area contributed by atoms with Crippen molar-refractivity contribution >= 4 is 16.8 Å². The number of hydrogen-bond acceptors (Lipinski definition) is 4. The predicted molar refractivity (Wildman–Crippen MR) is 171 cm³/mol. The summed E-state index contributed by atoms with van der Waals surface area (Å²) in [5, 5.41) is 0.908. The molecule has 1 aliphatic heterocycles. The first-order valence-electron chi connectivity index (χ1n) is 14.6. The molecule has 3 aromatic heterocycles. The van der Waals surface area contributed by atoms with Gasteiger partial charge in [-0.05, 0) is 59.2 Å². The minimum Gasteiger partial charge on any atom is -0.354 e. The molecule has 1 amide bonds. The summed E-state index contributed by atoms with van der Waals surface area (Å²) in [6.07, 6.45) is 3.45. The normalized spacial score (nSPS) is 13.8. The van der Waals surface area contributed by atoms with Crippen molar-refractivity contribution in [3.8, 4) is 33.5 Å². The molecule has 1 aliphatic rings. The molecule has 2 N–H and O–H groups in total. The lowest BCUT2D eigenvalue weighted by atomic mass is 9.95. The van der Waals surface area contributed by atoms with Gasteiger partial charge in [-0.2, -0.15) is 0 Å². The number of nitrogens with one attached hydrogen (secondary N) is 2. The molecule has 1 fully saturated rings. The van der Waals surface area contributed by atoms with Gasteiger partial charge in [0.1, 0.15) is 0 Å². The summed E-state index contributed by atoms with van der Waals surface area (Å²) in [5.41, 5.74) is 7.79. The summed E-state index contributed by atoms with van der Waals surface area (Å²) < 4.78 is 0. The second kappa shape index (κ2) is 11.5. The van der Waals surface area contributed by atoms with Crippen LogP contribution in [0, 0.1) is 0 Å². The Morgan fingerprint density at radius 1 is 0.767 bits per heavy atom. The molecular formula is C36H31N5O2. The second-order valence-electron chi connectivity index (χ2n) is 10.9. The van der Waals surface area contributed by atoms with Crippen LogP contribution >= 0.6 is 0 Å². The lowest BCUT2D eigenvalue weighted by Crippen LogP contribution is -2.48. The first-order chi connectivity index (χ1) is 21.1. The number of nitrogens with zero attached hydrogens (tertiary/aromatic N) is 3.